The summed E-state index contributed by atoms with van der Waals surface area (Å²) in [7, 11) is 0. The Kier molecular flexibility index (Phi) is 8.70. The average Bonchev–Trinajstić information content (AvgIpc) is 2.19. The Labute approximate surface area is 102 Å². The Balaban J connectivity index is 3.31. The molecule has 0 heterocycles. The molecule has 96 valence electrons. The Hall–Kier alpha value is -0.260. The van der Waals surface area contributed by atoms with Crippen LogP contribution in [-0.2, 0) is 4.79 Å². The minimum Gasteiger partial charge on any atom is -0.396 e. The Morgan fingerprint density at radius 2 is 2.12 bits per heavy atom. The number of nitrogens with two attached hydrogens (primary N) is 1. The second-order valence-corrected chi connectivity index (χ2v) is 5.75. The van der Waals surface area contributed by atoms with E-state index in [2.05, 4.69) is 5.32 Å². The first kappa shape index (κ1) is 15.7. The second kappa shape index (κ2) is 8.84. The highest BCUT2D eigenvalue weighted by atomic mass is 32.2. The van der Waals surface area contributed by atoms with Crippen molar-refractivity contribution >= 4 is 17.7 Å². The number of rotatable bonds is 9. The molecule has 0 spiro atoms. The third-order valence-corrected chi connectivity index (χ3v) is 3.08. The lowest BCUT2D eigenvalue weighted by atomic mass is 10.00. The minimum atomic E-state index is -0.271. The van der Waals surface area contributed by atoms with Crippen molar-refractivity contribution in [1.29, 1.82) is 0 Å². The van der Waals surface area contributed by atoms with Gasteiger partial charge in [0, 0.05) is 30.9 Å². The zero-order valence-corrected chi connectivity index (χ0v) is 11.1. The molecule has 4 N–H and O–H groups in total. The fourth-order valence-corrected chi connectivity index (χ4v) is 1.84. The van der Waals surface area contributed by atoms with Crippen LogP contribution in [-0.4, -0.2) is 41.2 Å². The van der Waals surface area contributed by atoms with Crippen molar-refractivity contribution in [3.05, 3.63) is 0 Å². The molecule has 0 rings (SSSR count). The van der Waals surface area contributed by atoms with Crippen LogP contribution < -0.4 is 11.1 Å². The number of hydrogen-bond donors (Lipinski definition) is 3. The molecule has 5 heteroatoms. The number of carbonyl (C=O) groups is 1. The fraction of sp³-hybridized carbons (Fsp3) is 0.909. The van der Waals surface area contributed by atoms with Crippen LogP contribution in [0.1, 0.15) is 33.1 Å². The smallest absolute Gasteiger partial charge is 0.220 e. The van der Waals surface area contributed by atoms with Crippen LogP contribution in [0.4, 0.5) is 0 Å². The topological polar surface area (TPSA) is 75.4 Å². The van der Waals surface area contributed by atoms with E-state index in [9.17, 15) is 4.79 Å². The van der Waals surface area contributed by atoms with Gasteiger partial charge in [0.05, 0.1) is 0 Å². The van der Waals surface area contributed by atoms with Crippen molar-refractivity contribution in [3.8, 4) is 0 Å². The van der Waals surface area contributed by atoms with E-state index < -0.39 is 0 Å². The van der Waals surface area contributed by atoms with Crippen molar-refractivity contribution in [2.24, 2.45) is 5.73 Å². The predicted octanol–water partition coefficient (Wildman–Crippen LogP) is 0.736. The maximum Gasteiger partial charge on any atom is 0.220 e. The van der Waals surface area contributed by atoms with E-state index in [0.717, 1.165) is 17.9 Å². The minimum absolute atomic E-state index is 0.0706. The largest absolute Gasteiger partial charge is 0.396 e. The van der Waals surface area contributed by atoms with Gasteiger partial charge in [-0.1, -0.05) is 0 Å². The predicted molar refractivity (Wildman–Crippen MR) is 69.5 cm³/mol. The molecule has 1 amide bonds. The van der Waals surface area contributed by atoms with Gasteiger partial charge >= 0.3 is 0 Å². The maximum atomic E-state index is 11.4. The lowest BCUT2D eigenvalue weighted by Crippen LogP contribution is -2.34. The number of hydrogen-bond acceptors (Lipinski definition) is 4. The number of nitrogens with one attached hydrogen (secondary N) is 1. The van der Waals surface area contributed by atoms with E-state index in [0.29, 0.717) is 19.4 Å². The SMILES string of the molecule is CC(C)(N)CCC(=O)NCCSCCCO. The number of aliphatic hydroxyl groups is 1. The molecule has 0 fully saturated rings. The summed E-state index contributed by atoms with van der Waals surface area (Å²) in [5.74, 6) is 1.92. The van der Waals surface area contributed by atoms with Crippen molar-refractivity contribution in [3.63, 3.8) is 0 Å². The zero-order chi connectivity index (χ0) is 12.4. The van der Waals surface area contributed by atoms with Gasteiger partial charge in [-0.05, 0) is 32.4 Å². The molecular formula is C11H24N2O2S. The Morgan fingerprint density at radius 1 is 1.44 bits per heavy atom. The molecule has 0 saturated carbocycles. The molecule has 0 aromatic heterocycles. The summed E-state index contributed by atoms with van der Waals surface area (Å²) in [6, 6.07) is 0. The quantitative estimate of drug-likeness (QED) is 0.526. The van der Waals surface area contributed by atoms with Crippen molar-refractivity contribution in [1.82, 2.24) is 5.32 Å². The van der Waals surface area contributed by atoms with Gasteiger partial charge in [0.2, 0.25) is 5.91 Å². The molecule has 0 radical (unpaired) electrons. The lowest BCUT2D eigenvalue weighted by molar-refractivity contribution is -0.121. The molecule has 0 aromatic carbocycles. The highest BCUT2D eigenvalue weighted by Gasteiger charge is 2.12. The van der Waals surface area contributed by atoms with E-state index in [1.54, 1.807) is 11.8 Å². The van der Waals surface area contributed by atoms with Crippen molar-refractivity contribution in [2.45, 2.75) is 38.6 Å². The van der Waals surface area contributed by atoms with Gasteiger partial charge < -0.3 is 16.2 Å². The first-order valence-electron chi connectivity index (χ1n) is 5.70. The highest BCUT2D eigenvalue weighted by Crippen LogP contribution is 2.06. The third kappa shape index (κ3) is 11.8. The highest BCUT2D eigenvalue weighted by molar-refractivity contribution is 7.99. The second-order valence-electron chi connectivity index (χ2n) is 4.53. The summed E-state index contributed by atoms with van der Waals surface area (Å²) >= 11 is 1.74. The Morgan fingerprint density at radius 3 is 2.69 bits per heavy atom. The summed E-state index contributed by atoms with van der Waals surface area (Å²) in [4.78, 5) is 11.4. The monoisotopic (exact) mass is 248 g/mol. The Bertz CT molecular complexity index is 193. The van der Waals surface area contributed by atoms with E-state index >= 15 is 0 Å². The van der Waals surface area contributed by atoms with Gasteiger partial charge in [-0.15, -0.1) is 0 Å². The molecular weight excluding hydrogens is 224 g/mol. The van der Waals surface area contributed by atoms with Gasteiger partial charge in [0.25, 0.3) is 0 Å². The first-order chi connectivity index (χ1) is 7.45. The maximum absolute atomic E-state index is 11.4. The van der Waals surface area contributed by atoms with E-state index in [4.69, 9.17) is 10.8 Å². The average molecular weight is 248 g/mol. The molecule has 0 aliphatic carbocycles. The summed E-state index contributed by atoms with van der Waals surface area (Å²) < 4.78 is 0. The number of thioether (sulfide) groups is 1. The summed E-state index contributed by atoms with van der Waals surface area (Å²) in [5, 5.41) is 11.4. The van der Waals surface area contributed by atoms with Crippen LogP contribution in [0, 0.1) is 0 Å². The molecule has 0 saturated heterocycles. The van der Waals surface area contributed by atoms with Gasteiger partial charge in [-0.2, -0.15) is 11.8 Å². The standard InChI is InChI=1S/C11H24N2O2S/c1-11(2,12)5-4-10(15)13-6-9-16-8-3-7-14/h14H,3-9,12H2,1-2H3,(H,13,15). The molecule has 0 bridgehead atoms. The van der Waals surface area contributed by atoms with E-state index in [1.165, 1.54) is 0 Å². The molecule has 4 nitrogen and oxygen atoms in total. The normalized spacial score (nSPS) is 11.5. The lowest BCUT2D eigenvalue weighted by Gasteiger charge is -2.17. The molecule has 0 unspecified atom stereocenters. The third-order valence-electron chi connectivity index (χ3n) is 2.01. The number of amides is 1. The van der Waals surface area contributed by atoms with Gasteiger partial charge in [-0.3, -0.25) is 4.79 Å². The number of aliphatic hydroxyl groups excluding tert-OH is 1. The van der Waals surface area contributed by atoms with Crippen LogP contribution >= 0.6 is 11.8 Å². The van der Waals surface area contributed by atoms with Crippen molar-refractivity contribution in [2.75, 3.05) is 24.7 Å². The fourth-order valence-electron chi connectivity index (χ4n) is 1.06. The van der Waals surface area contributed by atoms with Crippen molar-refractivity contribution < 1.29 is 9.90 Å². The summed E-state index contributed by atoms with van der Waals surface area (Å²) in [5.41, 5.74) is 5.52. The summed E-state index contributed by atoms with van der Waals surface area (Å²) in [6.07, 6.45) is 2.02. The van der Waals surface area contributed by atoms with Crippen LogP contribution in [0.2, 0.25) is 0 Å². The van der Waals surface area contributed by atoms with Gasteiger partial charge in [0.1, 0.15) is 0 Å². The molecule has 16 heavy (non-hydrogen) atoms. The molecule has 0 aromatic rings. The van der Waals surface area contributed by atoms with E-state index in [-0.39, 0.29) is 18.1 Å². The molecule has 0 aliphatic heterocycles. The van der Waals surface area contributed by atoms with Crippen LogP contribution in [0.25, 0.3) is 0 Å². The first-order valence-corrected chi connectivity index (χ1v) is 6.85. The molecule has 0 aliphatic rings. The zero-order valence-electron chi connectivity index (χ0n) is 10.3. The van der Waals surface area contributed by atoms with Crippen LogP contribution in [0.15, 0.2) is 0 Å². The van der Waals surface area contributed by atoms with Crippen LogP contribution in [0.3, 0.4) is 0 Å². The van der Waals surface area contributed by atoms with Gasteiger partial charge in [-0.25, -0.2) is 0 Å². The van der Waals surface area contributed by atoms with Gasteiger partial charge in [0.15, 0.2) is 0 Å². The molecule has 0 atom stereocenters. The van der Waals surface area contributed by atoms with Crippen LogP contribution in [0.5, 0.6) is 0 Å². The number of carbonyl (C=O) groups excluding carboxylic acids is 1. The van der Waals surface area contributed by atoms with E-state index in [1.807, 2.05) is 13.8 Å². The summed E-state index contributed by atoms with van der Waals surface area (Å²) in [6.45, 7) is 4.78.